The molecular weight excluding hydrogens is 536 g/mol. The van der Waals surface area contributed by atoms with Gasteiger partial charge in [0.15, 0.2) is 11.6 Å². The summed E-state index contributed by atoms with van der Waals surface area (Å²) in [6.45, 7) is 0.581. The van der Waals surface area contributed by atoms with Gasteiger partial charge in [0.25, 0.3) is 5.91 Å². The number of rotatable bonds is 7. The molecule has 6 nitrogen and oxygen atoms in total. The summed E-state index contributed by atoms with van der Waals surface area (Å²) in [7, 11) is 0. The molecule has 0 unspecified atom stereocenters. The summed E-state index contributed by atoms with van der Waals surface area (Å²) in [6, 6.07) is 16.9. The van der Waals surface area contributed by atoms with Crippen molar-refractivity contribution in [2.24, 2.45) is 0 Å². The molecule has 4 rings (SSSR count). The van der Waals surface area contributed by atoms with Gasteiger partial charge in [-0.1, -0.05) is 23.7 Å². The zero-order valence-corrected chi connectivity index (χ0v) is 18.9. The number of carbonyl (C=O) groups is 1. The molecular formula is C22H16ClFIN3O3. The zero-order valence-electron chi connectivity index (χ0n) is 16.0. The van der Waals surface area contributed by atoms with Crippen LogP contribution in [0.5, 0.6) is 5.75 Å². The molecule has 0 spiro atoms. The molecule has 0 bridgehead atoms. The topological polar surface area (TPSA) is 69.3 Å². The Morgan fingerprint density at radius 2 is 1.87 bits per heavy atom. The number of aromatic nitrogens is 2. The van der Waals surface area contributed by atoms with Crippen molar-refractivity contribution in [2.75, 3.05) is 5.32 Å². The first-order valence-corrected chi connectivity index (χ1v) is 10.7. The van der Waals surface area contributed by atoms with Crippen molar-refractivity contribution in [3.05, 3.63) is 98.4 Å². The number of nitrogens with zero attached hydrogens (tertiary/aromatic N) is 2. The molecule has 2 heterocycles. The fourth-order valence-electron chi connectivity index (χ4n) is 2.77. The van der Waals surface area contributed by atoms with Gasteiger partial charge in [-0.2, -0.15) is 5.10 Å². The van der Waals surface area contributed by atoms with Gasteiger partial charge in [0.2, 0.25) is 0 Å². The van der Waals surface area contributed by atoms with Crippen molar-refractivity contribution in [2.45, 2.75) is 13.2 Å². The predicted molar refractivity (Wildman–Crippen MR) is 123 cm³/mol. The first-order chi connectivity index (χ1) is 15.0. The second kappa shape index (κ2) is 9.52. The van der Waals surface area contributed by atoms with Crippen molar-refractivity contribution in [1.29, 1.82) is 0 Å². The molecule has 0 aliphatic heterocycles. The van der Waals surface area contributed by atoms with Gasteiger partial charge in [0.05, 0.1) is 6.54 Å². The zero-order chi connectivity index (χ0) is 21.8. The number of benzene rings is 2. The van der Waals surface area contributed by atoms with Crippen LogP contribution in [0.15, 0.2) is 71.3 Å². The van der Waals surface area contributed by atoms with Crippen molar-refractivity contribution in [3.8, 4) is 5.75 Å². The summed E-state index contributed by atoms with van der Waals surface area (Å²) in [5.41, 5.74) is 0.849. The minimum absolute atomic E-state index is 0.116. The molecule has 0 aliphatic carbocycles. The smallest absolute Gasteiger partial charge is 0.292 e. The van der Waals surface area contributed by atoms with Gasteiger partial charge in [0.1, 0.15) is 29.0 Å². The first kappa shape index (κ1) is 21.4. The van der Waals surface area contributed by atoms with E-state index in [9.17, 15) is 9.18 Å². The average Bonchev–Trinajstić information content (AvgIpc) is 3.36. The molecule has 0 atom stereocenters. The Bertz CT molecular complexity index is 1190. The van der Waals surface area contributed by atoms with Crippen LogP contribution >= 0.6 is 34.2 Å². The fourth-order valence-corrected chi connectivity index (χ4v) is 3.33. The van der Waals surface area contributed by atoms with Crippen molar-refractivity contribution < 1.29 is 18.3 Å². The quantitative estimate of drug-likeness (QED) is 0.297. The Morgan fingerprint density at radius 1 is 1.13 bits per heavy atom. The number of ether oxygens (including phenoxy) is 1. The highest BCUT2D eigenvalue weighted by Gasteiger charge is 2.16. The summed E-state index contributed by atoms with van der Waals surface area (Å²) >= 11 is 8.41. The van der Waals surface area contributed by atoms with E-state index in [1.165, 1.54) is 12.1 Å². The first-order valence-electron chi connectivity index (χ1n) is 9.22. The second-order valence-electron chi connectivity index (χ2n) is 6.61. The summed E-state index contributed by atoms with van der Waals surface area (Å²) < 4.78 is 26.9. The van der Waals surface area contributed by atoms with E-state index in [1.807, 2.05) is 24.3 Å². The molecule has 9 heteroatoms. The Kier molecular flexibility index (Phi) is 6.57. The summed E-state index contributed by atoms with van der Waals surface area (Å²) in [5, 5.41) is 7.19. The van der Waals surface area contributed by atoms with Crippen LogP contribution in [-0.2, 0) is 13.2 Å². The van der Waals surface area contributed by atoms with Crippen LogP contribution in [0.4, 0.5) is 10.2 Å². The van der Waals surface area contributed by atoms with Gasteiger partial charge in [-0.3, -0.25) is 9.48 Å². The number of hydrogen-bond acceptors (Lipinski definition) is 4. The van der Waals surface area contributed by atoms with Crippen molar-refractivity contribution in [3.63, 3.8) is 0 Å². The van der Waals surface area contributed by atoms with Gasteiger partial charge in [-0.15, -0.1) is 0 Å². The van der Waals surface area contributed by atoms with Crippen LogP contribution in [0.1, 0.15) is 21.9 Å². The lowest BCUT2D eigenvalue weighted by Gasteiger charge is -2.04. The van der Waals surface area contributed by atoms with E-state index in [4.69, 9.17) is 20.8 Å². The number of furan rings is 1. The third-order valence-corrected chi connectivity index (χ3v) is 5.28. The van der Waals surface area contributed by atoms with E-state index in [0.29, 0.717) is 18.1 Å². The molecule has 158 valence electrons. The number of amides is 1. The van der Waals surface area contributed by atoms with Gasteiger partial charge in [-0.25, -0.2) is 4.39 Å². The number of nitrogens with one attached hydrogen (secondary N) is 1. The largest absolute Gasteiger partial charge is 0.486 e. The minimum Gasteiger partial charge on any atom is -0.486 e. The molecule has 4 aromatic rings. The standard InChI is InChI=1S/C22H16ClFIN3O3/c23-19-12-28(11-14-1-3-15(24)4-2-14)27-21(19)26-22(29)20-10-9-18(31-20)13-30-17-7-5-16(25)6-8-17/h1-10,12H,11,13H2,(H,26,27,29). The highest BCUT2D eigenvalue weighted by atomic mass is 127. The molecule has 0 radical (unpaired) electrons. The fraction of sp³-hybridized carbons (Fsp3) is 0.0909. The van der Waals surface area contributed by atoms with E-state index in [0.717, 1.165) is 9.13 Å². The molecule has 2 aromatic carbocycles. The van der Waals surface area contributed by atoms with E-state index in [2.05, 4.69) is 33.0 Å². The molecule has 0 fully saturated rings. The maximum atomic E-state index is 13.0. The van der Waals surface area contributed by atoms with Crippen LogP contribution in [0.2, 0.25) is 5.02 Å². The average molecular weight is 552 g/mol. The molecule has 2 aromatic heterocycles. The van der Waals surface area contributed by atoms with Gasteiger partial charge in [0, 0.05) is 9.77 Å². The van der Waals surface area contributed by atoms with E-state index in [-0.39, 0.29) is 29.0 Å². The number of anilines is 1. The van der Waals surface area contributed by atoms with Crippen molar-refractivity contribution in [1.82, 2.24) is 9.78 Å². The maximum Gasteiger partial charge on any atom is 0.292 e. The molecule has 0 saturated carbocycles. The third-order valence-electron chi connectivity index (χ3n) is 4.29. The van der Waals surface area contributed by atoms with Crippen LogP contribution in [-0.4, -0.2) is 15.7 Å². The monoisotopic (exact) mass is 551 g/mol. The molecule has 1 N–H and O–H groups in total. The SMILES string of the molecule is O=C(Nc1nn(Cc2ccc(F)cc2)cc1Cl)c1ccc(COc2ccc(I)cc2)o1. The Morgan fingerprint density at radius 3 is 2.61 bits per heavy atom. The van der Waals surface area contributed by atoms with Crippen LogP contribution < -0.4 is 10.1 Å². The summed E-state index contributed by atoms with van der Waals surface area (Å²) in [4.78, 5) is 12.5. The van der Waals surface area contributed by atoms with Gasteiger partial charge < -0.3 is 14.5 Å². The minimum atomic E-state index is -0.477. The Balaban J connectivity index is 1.36. The molecule has 0 aliphatic rings. The van der Waals surface area contributed by atoms with Gasteiger partial charge in [-0.05, 0) is 76.7 Å². The lowest BCUT2D eigenvalue weighted by atomic mass is 10.2. The maximum absolute atomic E-state index is 13.0. The van der Waals surface area contributed by atoms with E-state index in [1.54, 1.807) is 35.1 Å². The second-order valence-corrected chi connectivity index (χ2v) is 8.27. The lowest BCUT2D eigenvalue weighted by Crippen LogP contribution is -2.12. The highest BCUT2D eigenvalue weighted by molar-refractivity contribution is 14.1. The molecule has 0 saturated heterocycles. The van der Waals surface area contributed by atoms with E-state index >= 15 is 0 Å². The predicted octanol–water partition coefficient (Wildman–Crippen LogP) is 5.75. The highest BCUT2D eigenvalue weighted by Crippen LogP contribution is 2.22. The number of halogens is 3. The normalized spacial score (nSPS) is 10.8. The van der Waals surface area contributed by atoms with E-state index < -0.39 is 5.91 Å². The Labute approximate surface area is 196 Å². The lowest BCUT2D eigenvalue weighted by molar-refractivity contribution is 0.0992. The molecule has 31 heavy (non-hydrogen) atoms. The third kappa shape index (κ3) is 5.65. The summed E-state index contributed by atoms with van der Waals surface area (Å²) in [5.74, 6) is 0.761. The van der Waals surface area contributed by atoms with Crippen LogP contribution in [0.3, 0.4) is 0 Å². The van der Waals surface area contributed by atoms with Gasteiger partial charge >= 0.3 is 0 Å². The van der Waals surface area contributed by atoms with Crippen LogP contribution in [0, 0.1) is 9.39 Å². The van der Waals surface area contributed by atoms with Crippen LogP contribution in [0.25, 0.3) is 0 Å². The number of hydrogen-bond donors (Lipinski definition) is 1. The van der Waals surface area contributed by atoms with Crippen molar-refractivity contribution >= 4 is 45.9 Å². The summed E-state index contributed by atoms with van der Waals surface area (Å²) in [6.07, 6.45) is 1.59. The number of carbonyl (C=O) groups excluding carboxylic acids is 1. The Hall–Kier alpha value is -2.85. The molecule has 1 amide bonds.